The topological polar surface area (TPSA) is 80.9 Å². The molecule has 6 nitrogen and oxygen atoms in total. The number of aromatic nitrogens is 4. The van der Waals surface area contributed by atoms with Crippen LogP contribution in [0.2, 0.25) is 0 Å². The predicted octanol–water partition coefficient (Wildman–Crippen LogP) is 4.69. The number of halogens is 1. The molecule has 0 aromatic carbocycles. The SMILES string of the molecule is Cc1nnn(CC(=O)[C@H]2CC[C@@]3(C)[C@@H]4C[C@@H](F)[C@@]5(C)C[C@](C)(O)CC[C@@H]5[C@@]4(C)CC[C@]23C)n1. The normalized spacial score (nSPS) is 51.5. The molecule has 0 bridgehead atoms. The summed E-state index contributed by atoms with van der Waals surface area (Å²) >= 11 is 0. The van der Waals surface area contributed by atoms with E-state index in [9.17, 15) is 9.90 Å². The van der Waals surface area contributed by atoms with E-state index < -0.39 is 17.2 Å². The van der Waals surface area contributed by atoms with Crippen molar-refractivity contribution in [2.24, 2.45) is 39.4 Å². The summed E-state index contributed by atoms with van der Waals surface area (Å²) in [5, 5.41) is 22.9. The summed E-state index contributed by atoms with van der Waals surface area (Å²) in [6, 6.07) is 0. The first kappa shape index (κ1) is 23.4. The Morgan fingerprint density at radius 2 is 1.76 bits per heavy atom. The summed E-state index contributed by atoms with van der Waals surface area (Å²) in [6.45, 7) is 13.0. The molecule has 4 fully saturated rings. The van der Waals surface area contributed by atoms with Crippen LogP contribution in [0.25, 0.3) is 0 Å². The molecular formula is C26H41FN4O2. The first-order chi connectivity index (χ1) is 15.3. The van der Waals surface area contributed by atoms with E-state index in [1.54, 1.807) is 6.92 Å². The van der Waals surface area contributed by atoms with Gasteiger partial charge in [-0.05, 0) is 98.5 Å². The van der Waals surface area contributed by atoms with E-state index in [4.69, 9.17) is 0 Å². The highest BCUT2D eigenvalue weighted by molar-refractivity contribution is 5.82. The standard InChI is InChI=1S/C26H41FN4O2/c1-16-28-30-31(29-16)14-18(32)17-7-10-26(6)20-13-21(27)24(4)15-22(2,33)9-8-19(24)23(20,3)11-12-25(17,26)5/h17,19-21,33H,7-15H2,1-6H3/t17-,19-,20-,21-,22-,23-,24+,25-,26+/m1/s1. The van der Waals surface area contributed by atoms with Crippen molar-refractivity contribution >= 4 is 5.78 Å². The van der Waals surface area contributed by atoms with E-state index in [1.807, 2.05) is 6.92 Å². The van der Waals surface area contributed by atoms with Gasteiger partial charge in [-0.15, -0.1) is 10.2 Å². The van der Waals surface area contributed by atoms with Gasteiger partial charge in [0.2, 0.25) is 0 Å². The molecule has 0 radical (unpaired) electrons. The third-order valence-electron chi connectivity index (χ3n) is 11.5. The molecule has 184 valence electrons. The van der Waals surface area contributed by atoms with Crippen LogP contribution in [-0.2, 0) is 11.3 Å². The molecule has 1 aromatic heterocycles. The zero-order chi connectivity index (χ0) is 24.0. The first-order valence-electron chi connectivity index (χ1n) is 12.9. The van der Waals surface area contributed by atoms with Gasteiger partial charge in [-0.2, -0.15) is 4.80 Å². The molecule has 1 aromatic rings. The lowest BCUT2D eigenvalue weighted by atomic mass is 9.36. The fraction of sp³-hybridized carbons (Fsp3) is 0.923. The molecule has 4 aliphatic rings. The van der Waals surface area contributed by atoms with E-state index in [2.05, 4.69) is 43.1 Å². The van der Waals surface area contributed by atoms with E-state index in [0.29, 0.717) is 18.7 Å². The average Bonchev–Trinajstić information content (AvgIpc) is 3.23. The number of tetrazole rings is 1. The van der Waals surface area contributed by atoms with Crippen LogP contribution in [0.5, 0.6) is 0 Å². The van der Waals surface area contributed by atoms with Crippen molar-refractivity contribution in [3.63, 3.8) is 0 Å². The Morgan fingerprint density at radius 1 is 1.03 bits per heavy atom. The quantitative estimate of drug-likeness (QED) is 0.708. The minimum absolute atomic E-state index is 0.0446. The zero-order valence-electron chi connectivity index (χ0n) is 21.2. The average molecular weight is 461 g/mol. The summed E-state index contributed by atoms with van der Waals surface area (Å²) in [6.07, 6.45) is 5.69. The second-order valence-electron chi connectivity index (χ2n) is 13.3. The molecule has 33 heavy (non-hydrogen) atoms. The summed E-state index contributed by atoms with van der Waals surface area (Å²) in [4.78, 5) is 14.9. The summed E-state index contributed by atoms with van der Waals surface area (Å²) < 4.78 is 16.1. The largest absolute Gasteiger partial charge is 0.390 e. The highest BCUT2D eigenvalue weighted by Crippen LogP contribution is 2.76. The summed E-state index contributed by atoms with van der Waals surface area (Å²) in [7, 11) is 0. The minimum atomic E-state index is -0.913. The number of fused-ring (bicyclic) bond motifs is 5. The van der Waals surface area contributed by atoms with Gasteiger partial charge in [0.1, 0.15) is 12.7 Å². The third kappa shape index (κ3) is 3.13. The van der Waals surface area contributed by atoms with Crippen LogP contribution in [0, 0.1) is 46.3 Å². The highest BCUT2D eigenvalue weighted by Gasteiger charge is 2.71. The van der Waals surface area contributed by atoms with Gasteiger partial charge in [-0.25, -0.2) is 4.39 Å². The molecule has 0 spiro atoms. The third-order valence-corrected chi connectivity index (χ3v) is 11.5. The Kier molecular flexibility index (Phi) is 5.02. The molecule has 0 unspecified atom stereocenters. The zero-order valence-corrected chi connectivity index (χ0v) is 21.2. The maximum atomic E-state index is 16.1. The van der Waals surface area contributed by atoms with Gasteiger partial charge in [0.25, 0.3) is 0 Å². The number of ketones is 1. The smallest absolute Gasteiger partial charge is 0.171 e. The van der Waals surface area contributed by atoms with E-state index in [0.717, 1.165) is 38.5 Å². The number of hydrogen-bond acceptors (Lipinski definition) is 5. The number of carbonyl (C=O) groups is 1. The Morgan fingerprint density at radius 3 is 2.42 bits per heavy atom. The van der Waals surface area contributed by atoms with Crippen molar-refractivity contribution in [1.29, 1.82) is 0 Å². The number of carbonyl (C=O) groups excluding carboxylic acids is 1. The molecule has 0 aliphatic heterocycles. The summed E-state index contributed by atoms with van der Waals surface area (Å²) in [5.74, 6) is 1.25. The van der Waals surface area contributed by atoms with Crippen LogP contribution in [0.3, 0.4) is 0 Å². The van der Waals surface area contributed by atoms with Crippen molar-refractivity contribution in [2.75, 3.05) is 0 Å². The van der Waals surface area contributed by atoms with Gasteiger partial charge in [0.05, 0.1) is 5.60 Å². The number of nitrogens with zero attached hydrogens (tertiary/aromatic N) is 4. The number of aliphatic hydroxyl groups is 1. The number of Topliss-reactive ketones (excluding diaryl/α,β-unsaturated/α-hetero) is 1. The van der Waals surface area contributed by atoms with Gasteiger partial charge < -0.3 is 5.11 Å². The maximum Gasteiger partial charge on any atom is 0.171 e. The van der Waals surface area contributed by atoms with Crippen LogP contribution >= 0.6 is 0 Å². The molecule has 4 saturated carbocycles. The van der Waals surface area contributed by atoms with Crippen molar-refractivity contribution < 1.29 is 14.3 Å². The highest BCUT2D eigenvalue weighted by atomic mass is 19.1. The Labute approximate surface area is 197 Å². The van der Waals surface area contributed by atoms with E-state index in [1.165, 1.54) is 4.80 Å². The molecule has 0 saturated heterocycles. The Bertz CT molecular complexity index is 964. The van der Waals surface area contributed by atoms with Crippen LogP contribution in [-0.4, -0.2) is 42.9 Å². The van der Waals surface area contributed by atoms with Crippen LogP contribution in [0.4, 0.5) is 4.39 Å². The summed E-state index contributed by atoms with van der Waals surface area (Å²) in [5.41, 5.74) is -1.41. The van der Waals surface area contributed by atoms with Gasteiger partial charge in [0, 0.05) is 11.3 Å². The van der Waals surface area contributed by atoms with Crippen molar-refractivity contribution in [3.05, 3.63) is 5.82 Å². The molecular weight excluding hydrogens is 419 g/mol. The molecule has 9 atom stereocenters. The molecule has 4 aliphatic carbocycles. The molecule has 1 heterocycles. The van der Waals surface area contributed by atoms with Crippen LogP contribution in [0.15, 0.2) is 0 Å². The number of rotatable bonds is 3. The number of aryl methyl sites for hydroxylation is 1. The van der Waals surface area contributed by atoms with E-state index >= 15 is 4.39 Å². The second-order valence-corrected chi connectivity index (χ2v) is 13.3. The monoisotopic (exact) mass is 460 g/mol. The number of hydrogen-bond donors (Lipinski definition) is 1. The molecule has 1 N–H and O–H groups in total. The van der Waals surface area contributed by atoms with Crippen molar-refractivity contribution in [1.82, 2.24) is 20.2 Å². The molecule has 7 heteroatoms. The Hall–Kier alpha value is -1.37. The van der Waals surface area contributed by atoms with Crippen molar-refractivity contribution in [3.8, 4) is 0 Å². The molecule has 0 amide bonds. The van der Waals surface area contributed by atoms with Crippen LogP contribution < -0.4 is 0 Å². The van der Waals surface area contributed by atoms with Crippen LogP contribution in [0.1, 0.15) is 91.8 Å². The second kappa shape index (κ2) is 7.08. The van der Waals surface area contributed by atoms with Gasteiger partial charge >= 0.3 is 0 Å². The maximum absolute atomic E-state index is 16.1. The lowest BCUT2D eigenvalue weighted by Crippen LogP contribution is -2.65. The number of alkyl halides is 1. The molecule has 5 rings (SSSR count). The Balaban J connectivity index is 1.45. The van der Waals surface area contributed by atoms with Crippen molar-refractivity contribution in [2.45, 2.75) is 111 Å². The minimum Gasteiger partial charge on any atom is -0.390 e. The lowest BCUT2D eigenvalue weighted by Gasteiger charge is -2.69. The van der Waals surface area contributed by atoms with Gasteiger partial charge in [-0.1, -0.05) is 27.7 Å². The van der Waals surface area contributed by atoms with Gasteiger partial charge in [0.15, 0.2) is 11.6 Å². The van der Waals surface area contributed by atoms with E-state index in [-0.39, 0.29) is 46.3 Å². The first-order valence-corrected chi connectivity index (χ1v) is 12.9. The van der Waals surface area contributed by atoms with Gasteiger partial charge in [-0.3, -0.25) is 4.79 Å². The fourth-order valence-electron chi connectivity index (χ4n) is 9.72. The predicted molar refractivity (Wildman–Crippen MR) is 123 cm³/mol. The fourth-order valence-corrected chi connectivity index (χ4v) is 9.72. The lowest BCUT2D eigenvalue weighted by molar-refractivity contribution is -0.231.